The van der Waals surface area contributed by atoms with Crippen molar-refractivity contribution in [2.75, 3.05) is 41.8 Å². The van der Waals surface area contributed by atoms with Crippen LogP contribution in [0.15, 0.2) is 72.8 Å². The van der Waals surface area contributed by atoms with Crippen molar-refractivity contribution in [2.24, 2.45) is 0 Å². The van der Waals surface area contributed by atoms with Gasteiger partial charge in [0.1, 0.15) is 5.75 Å². The normalized spacial score (nSPS) is 16.8. The van der Waals surface area contributed by atoms with Gasteiger partial charge in [0.25, 0.3) is 0 Å². The van der Waals surface area contributed by atoms with Gasteiger partial charge >= 0.3 is 17.8 Å². The number of hydrogen-bond acceptors (Lipinski definition) is 10. The van der Waals surface area contributed by atoms with E-state index in [4.69, 9.17) is 37.9 Å². The molecule has 2 heterocycles. The quantitative estimate of drug-likeness (QED) is 0.247. The van der Waals surface area contributed by atoms with E-state index in [0.717, 1.165) is 0 Å². The van der Waals surface area contributed by atoms with Crippen LogP contribution in [0, 0.1) is 0 Å². The Labute approximate surface area is 248 Å². The van der Waals surface area contributed by atoms with Crippen LogP contribution in [-0.2, 0) is 26.5 Å². The Morgan fingerprint density at radius 1 is 0.930 bits per heavy atom. The molecule has 0 aliphatic carbocycles. The first kappa shape index (κ1) is 29.2. The van der Waals surface area contributed by atoms with E-state index in [-0.39, 0.29) is 25.3 Å². The number of esters is 1. The molecule has 1 atom stereocenters. The highest BCUT2D eigenvalue weighted by Gasteiger charge is 2.53. The molecule has 0 saturated heterocycles. The summed E-state index contributed by atoms with van der Waals surface area (Å²) in [5, 5.41) is 2.60. The summed E-state index contributed by atoms with van der Waals surface area (Å²) in [5.74, 6) is 0.137. The lowest BCUT2D eigenvalue weighted by Crippen LogP contribution is -2.40. The minimum absolute atomic E-state index is 0.0585. The molecule has 0 fully saturated rings. The zero-order chi connectivity index (χ0) is 30.6. The van der Waals surface area contributed by atoms with Crippen LogP contribution in [0.25, 0.3) is 5.57 Å². The lowest BCUT2D eigenvalue weighted by atomic mass is 9.87. The molecule has 11 heteroatoms. The van der Waals surface area contributed by atoms with E-state index in [9.17, 15) is 9.59 Å². The van der Waals surface area contributed by atoms with E-state index >= 15 is 0 Å². The molecule has 0 saturated carbocycles. The molecule has 43 heavy (non-hydrogen) atoms. The van der Waals surface area contributed by atoms with Crippen LogP contribution in [0.4, 0.5) is 4.79 Å². The average Bonchev–Trinajstić information content (AvgIpc) is 3.61. The van der Waals surface area contributed by atoms with Crippen molar-refractivity contribution in [1.29, 1.82) is 0 Å². The van der Waals surface area contributed by atoms with Gasteiger partial charge in [0, 0.05) is 24.1 Å². The largest absolute Gasteiger partial charge is 0.497 e. The third-order valence-corrected chi connectivity index (χ3v) is 7.00. The van der Waals surface area contributed by atoms with Gasteiger partial charge in [-0.2, -0.15) is 0 Å². The summed E-state index contributed by atoms with van der Waals surface area (Å²) in [6, 6.07) is 15.3. The molecular weight excluding hydrogens is 558 g/mol. The van der Waals surface area contributed by atoms with Gasteiger partial charge in [-0.1, -0.05) is 12.1 Å². The molecule has 11 nitrogen and oxygen atoms in total. The van der Waals surface area contributed by atoms with E-state index in [0.29, 0.717) is 56.8 Å². The van der Waals surface area contributed by atoms with E-state index < -0.39 is 17.8 Å². The molecule has 0 radical (unpaired) electrons. The minimum Gasteiger partial charge on any atom is -0.497 e. The van der Waals surface area contributed by atoms with Crippen molar-refractivity contribution in [3.63, 3.8) is 0 Å². The molecular formula is C32H31NO10. The van der Waals surface area contributed by atoms with E-state index in [1.54, 1.807) is 54.6 Å². The number of benzene rings is 3. The molecule has 1 unspecified atom stereocenters. The summed E-state index contributed by atoms with van der Waals surface area (Å²) in [6.07, 6.45) is 0.762. The highest BCUT2D eigenvalue weighted by molar-refractivity contribution is 6.20. The zero-order valence-electron chi connectivity index (χ0n) is 24.2. The highest BCUT2D eigenvalue weighted by Crippen LogP contribution is 2.50. The Kier molecular flexibility index (Phi) is 8.33. The summed E-state index contributed by atoms with van der Waals surface area (Å²) in [4.78, 5) is 27.0. The molecule has 0 spiro atoms. The fourth-order valence-corrected chi connectivity index (χ4v) is 5.03. The molecule has 3 aromatic carbocycles. The smallest absolute Gasteiger partial charge is 0.411 e. The maximum absolute atomic E-state index is 13.9. The predicted molar refractivity (Wildman–Crippen MR) is 155 cm³/mol. The van der Waals surface area contributed by atoms with Crippen LogP contribution in [-0.4, -0.2) is 53.8 Å². The van der Waals surface area contributed by atoms with E-state index in [1.165, 1.54) is 34.5 Å². The van der Waals surface area contributed by atoms with Crippen molar-refractivity contribution in [2.45, 2.75) is 12.2 Å². The molecule has 2 aliphatic rings. The molecule has 5 rings (SSSR count). The van der Waals surface area contributed by atoms with Gasteiger partial charge in [0.05, 0.1) is 34.0 Å². The Morgan fingerprint density at radius 3 is 2.26 bits per heavy atom. The van der Waals surface area contributed by atoms with Gasteiger partial charge in [0.2, 0.25) is 12.5 Å². The first-order valence-corrected chi connectivity index (χ1v) is 13.3. The third kappa shape index (κ3) is 5.49. The number of hydrogen-bond donors (Lipinski definition) is 1. The van der Waals surface area contributed by atoms with Gasteiger partial charge < -0.3 is 43.2 Å². The van der Waals surface area contributed by atoms with Gasteiger partial charge in [-0.25, -0.2) is 9.59 Å². The zero-order valence-corrected chi connectivity index (χ0v) is 24.2. The number of carbonyl (C=O) groups excluding carboxylic acids is 2. The van der Waals surface area contributed by atoms with Gasteiger partial charge in [-0.05, 0) is 59.7 Å². The molecule has 1 N–H and O–H groups in total. The number of amides is 1. The topological polar surface area (TPSA) is 120 Å². The van der Waals surface area contributed by atoms with Crippen LogP contribution < -0.4 is 33.7 Å². The number of alkyl carbamates (subject to hydrolysis) is 1. The van der Waals surface area contributed by atoms with Crippen molar-refractivity contribution in [3.05, 3.63) is 89.5 Å². The van der Waals surface area contributed by atoms with Crippen LogP contribution in [0.1, 0.15) is 16.7 Å². The minimum atomic E-state index is -1.96. The summed E-state index contributed by atoms with van der Waals surface area (Å²) in [6.45, 7) is 3.82. The first-order valence-electron chi connectivity index (χ1n) is 13.3. The molecule has 224 valence electrons. The van der Waals surface area contributed by atoms with Crippen molar-refractivity contribution < 1.29 is 47.5 Å². The monoisotopic (exact) mass is 589 g/mol. The lowest BCUT2D eigenvalue weighted by Gasteiger charge is -2.31. The number of nitrogens with one attached hydrogen (secondary N) is 1. The Balaban J connectivity index is 1.75. The first-order chi connectivity index (χ1) is 20.9. The number of methoxy groups -OCH3 is 4. The Hall–Kier alpha value is -5.32. The third-order valence-electron chi connectivity index (χ3n) is 7.00. The fourth-order valence-electron chi connectivity index (χ4n) is 5.03. The molecule has 3 aromatic rings. The van der Waals surface area contributed by atoms with Crippen LogP contribution in [0.2, 0.25) is 0 Å². The SMILES string of the molecule is C=CCNC(=O)OC1(c2ccc(OC)cc2)OC(=O)C(c2ccc3c(c2)OCO3)=C1Cc1cc(OC)c(OC)c(OC)c1. The second kappa shape index (κ2) is 12.3. The summed E-state index contributed by atoms with van der Waals surface area (Å²) < 4.78 is 45.1. The second-order valence-corrected chi connectivity index (χ2v) is 9.43. The van der Waals surface area contributed by atoms with Crippen LogP contribution in [0.3, 0.4) is 0 Å². The predicted octanol–water partition coefficient (Wildman–Crippen LogP) is 4.77. The van der Waals surface area contributed by atoms with Crippen molar-refractivity contribution >= 4 is 17.6 Å². The Morgan fingerprint density at radius 2 is 1.63 bits per heavy atom. The van der Waals surface area contributed by atoms with E-state index in [2.05, 4.69) is 11.9 Å². The maximum atomic E-state index is 13.9. The van der Waals surface area contributed by atoms with Gasteiger partial charge in [-0.3, -0.25) is 0 Å². The van der Waals surface area contributed by atoms with Crippen molar-refractivity contribution in [3.8, 4) is 34.5 Å². The number of ether oxygens (including phenoxy) is 8. The fraction of sp³-hybridized carbons (Fsp3) is 0.250. The summed E-state index contributed by atoms with van der Waals surface area (Å²) in [5.41, 5.74) is 2.08. The van der Waals surface area contributed by atoms with Gasteiger partial charge in [-0.15, -0.1) is 6.58 Å². The number of fused-ring (bicyclic) bond motifs is 1. The lowest BCUT2D eigenvalue weighted by molar-refractivity contribution is -0.185. The second-order valence-electron chi connectivity index (χ2n) is 9.43. The highest BCUT2D eigenvalue weighted by atomic mass is 16.7. The van der Waals surface area contributed by atoms with Crippen molar-refractivity contribution in [1.82, 2.24) is 5.32 Å². The molecule has 2 aliphatic heterocycles. The van der Waals surface area contributed by atoms with E-state index in [1.807, 2.05) is 0 Å². The molecule has 1 amide bonds. The molecule has 0 aromatic heterocycles. The standard InChI is InChI=1S/C32H31NO10/c1-6-13-33-31(35)43-32(21-8-10-22(36-2)11-9-21)23(14-19-15-26(37-3)29(39-5)27(16-19)38-4)28(30(34)42-32)20-7-12-24-25(17-20)41-18-40-24/h6-12,15-17H,1,13-14,18H2,2-5H3,(H,33,35). The molecule has 0 bridgehead atoms. The number of rotatable bonds is 11. The Bertz CT molecular complexity index is 1550. The summed E-state index contributed by atoms with van der Waals surface area (Å²) >= 11 is 0. The van der Waals surface area contributed by atoms with Crippen LogP contribution in [0.5, 0.6) is 34.5 Å². The number of cyclic esters (lactones) is 1. The number of carbonyl (C=O) groups is 2. The average molecular weight is 590 g/mol. The summed E-state index contributed by atoms with van der Waals surface area (Å²) in [7, 11) is 6.06. The van der Waals surface area contributed by atoms with Crippen LogP contribution >= 0.6 is 0 Å². The maximum Gasteiger partial charge on any atom is 0.411 e. The van der Waals surface area contributed by atoms with Gasteiger partial charge in [0.15, 0.2) is 23.0 Å².